The Balaban J connectivity index is 1.25. The Morgan fingerprint density at radius 2 is 1.29 bits per heavy atom. The Bertz CT molecular complexity index is 3060. The summed E-state index contributed by atoms with van der Waals surface area (Å²) in [6.45, 7) is 0. The number of hydrogen-bond acceptors (Lipinski definition) is 4. The smallest absolute Gasteiger partial charge is 0.235 e. The van der Waals surface area contributed by atoms with Crippen LogP contribution in [-0.4, -0.2) is 14.5 Å². The lowest BCUT2D eigenvalue weighted by molar-refractivity contribution is 0.670. The number of benzene rings is 6. The molecule has 1 aliphatic carbocycles. The van der Waals surface area contributed by atoms with Crippen LogP contribution in [0.25, 0.3) is 99.2 Å². The summed E-state index contributed by atoms with van der Waals surface area (Å²) in [5, 5.41) is 7.64. The van der Waals surface area contributed by atoms with Gasteiger partial charge >= 0.3 is 0 Å². The van der Waals surface area contributed by atoms with Crippen LogP contribution in [0.4, 0.5) is 0 Å². The molecule has 0 N–H and O–H groups in total. The lowest BCUT2D eigenvalue weighted by Crippen LogP contribution is -2.05. The molecule has 11 rings (SSSR count). The van der Waals surface area contributed by atoms with Crippen LogP contribution in [0.15, 0.2) is 148 Å². The van der Waals surface area contributed by atoms with Gasteiger partial charge in [0.05, 0.1) is 16.7 Å². The largest absolute Gasteiger partial charge is 0.455 e. The molecule has 0 amide bonds. The molecule has 0 radical (unpaired) electrons. The maximum atomic E-state index is 6.69. The van der Waals surface area contributed by atoms with Crippen molar-refractivity contribution in [2.24, 2.45) is 0 Å². The van der Waals surface area contributed by atoms with Gasteiger partial charge in [-0.2, -0.15) is 0 Å². The molecule has 49 heavy (non-hydrogen) atoms. The maximum Gasteiger partial charge on any atom is 0.235 e. The minimum absolute atomic E-state index is 0.629. The van der Waals surface area contributed by atoms with Crippen LogP contribution < -0.4 is 0 Å². The van der Waals surface area contributed by atoms with Crippen molar-refractivity contribution in [3.8, 4) is 17.1 Å². The van der Waals surface area contributed by atoms with Crippen molar-refractivity contribution in [2.45, 2.75) is 12.8 Å². The van der Waals surface area contributed by atoms with Crippen molar-refractivity contribution in [2.75, 3.05) is 0 Å². The van der Waals surface area contributed by atoms with Crippen LogP contribution in [-0.2, 0) is 0 Å². The van der Waals surface area contributed by atoms with E-state index in [1.807, 2.05) is 30.3 Å². The third kappa shape index (κ3) is 3.81. The summed E-state index contributed by atoms with van der Waals surface area (Å²) in [6, 6.07) is 42.3. The maximum absolute atomic E-state index is 6.69. The van der Waals surface area contributed by atoms with Crippen LogP contribution in [0.2, 0.25) is 0 Å². The molecule has 10 aromatic rings. The summed E-state index contributed by atoms with van der Waals surface area (Å²) >= 11 is 0. The van der Waals surface area contributed by atoms with Gasteiger partial charge in [0.2, 0.25) is 5.95 Å². The molecule has 4 aromatic heterocycles. The van der Waals surface area contributed by atoms with Gasteiger partial charge in [-0.15, -0.1) is 0 Å². The van der Waals surface area contributed by atoms with Gasteiger partial charge in [-0.05, 0) is 60.4 Å². The zero-order valence-corrected chi connectivity index (χ0v) is 26.4. The number of furan rings is 2. The molecule has 230 valence electrons. The molecular formula is C44H27N3O2. The highest BCUT2D eigenvalue weighted by Gasteiger charge is 2.23. The lowest BCUT2D eigenvalue weighted by atomic mass is 9.99. The van der Waals surface area contributed by atoms with Crippen molar-refractivity contribution in [1.82, 2.24) is 14.5 Å². The van der Waals surface area contributed by atoms with Crippen molar-refractivity contribution in [3.63, 3.8) is 0 Å². The number of para-hydroxylation sites is 4. The summed E-state index contributed by atoms with van der Waals surface area (Å²) in [4.78, 5) is 10.6. The zero-order valence-electron chi connectivity index (χ0n) is 26.4. The van der Waals surface area contributed by atoms with E-state index in [4.69, 9.17) is 18.8 Å². The number of allylic oxidation sites excluding steroid dienone is 4. The van der Waals surface area contributed by atoms with E-state index in [2.05, 4.69) is 114 Å². The third-order valence-electron chi connectivity index (χ3n) is 10.1. The molecule has 5 nitrogen and oxygen atoms in total. The first-order valence-corrected chi connectivity index (χ1v) is 16.7. The van der Waals surface area contributed by atoms with Crippen LogP contribution in [0.5, 0.6) is 0 Å². The first-order chi connectivity index (χ1) is 24.3. The van der Waals surface area contributed by atoms with Gasteiger partial charge < -0.3 is 8.83 Å². The molecule has 0 unspecified atom stereocenters. The van der Waals surface area contributed by atoms with Gasteiger partial charge in [-0.25, -0.2) is 9.97 Å². The minimum Gasteiger partial charge on any atom is -0.455 e. The van der Waals surface area contributed by atoms with E-state index in [1.54, 1.807) is 0 Å². The molecule has 0 spiro atoms. The predicted molar refractivity (Wildman–Crippen MR) is 200 cm³/mol. The first kappa shape index (κ1) is 26.6. The van der Waals surface area contributed by atoms with Gasteiger partial charge in [-0.1, -0.05) is 103 Å². The molecule has 5 heteroatoms. The average Bonchev–Trinajstić information content (AvgIpc) is 3.84. The number of hydrogen-bond donors (Lipinski definition) is 0. The van der Waals surface area contributed by atoms with E-state index in [9.17, 15) is 0 Å². The molecule has 0 saturated heterocycles. The van der Waals surface area contributed by atoms with Gasteiger partial charge in [0.25, 0.3) is 0 Å². The molecule has 4 heterocycles. The Morgan fingerprint density at radius 1 is 0.571 bits per heavy atom. The number of nitrogens with zero attached hydrogens (tertiary/aromatic N) is 3. The lowest BCUT2D eigenvalue weighted by Gasteiger charge is -2.14. The molecular weight excluding hydrogens is 603 g/mol. The Kier molecular flexibility index (Phi) is 5.44. The van der Waals surface area contributed by atoms with E-state index in [0.29, 0.717) is 5.95 Å². The van der Waals surface area contributed by atoms with Crippen molar-refractivity contribution in [3.05, 3.63) is 145 Å². The molecule has 0 aliphatic heterocycles. The van der Waals surface area contributed by atoms with Crippen LogP contribution >= 0.6 is 0 Å². The molecule has 0 saturated carbocycles. The Morgan fingerprint density at radius 3 is 2.10 bits per heavy atom. The fourth-order valence-electron chi connectivity index (χ4n) is 7.84. The second kappa shape index (κ2) is 10.0. The van der Waals surface area contributed by atoms with Gasteiger partial charge in [0, 0.05) is 43.3 Å². The van der Waals surface area contributed by atoms with Gasteiger partial charge in [0.15, 0.2) is 5.58 Å². The highest BCUT2D eigenvalue weighted by molar-refractivity contribution is 6.22. The molecule has 6 aromatic carbocycles. The monoisotopic (exact) mass is 629 g/mol. The highest BCUT2D eigenvalue weighted by atomic mass is 16.3. The fourth-order valence-corrected chi connectivity index (χ4v) is 7.84. The summed E-state index contributed by atoms with van der Waals surface area (Å²) in [5.74, 6) is 0.629. The SMILES string of the molecule is C1=CCCC(c2nc(-n3c4ccc(-c5cccc6c5oc5ccccc56)cc4c4ccc5c6ccccc6oc5c43)nc3ccccc23)=C1. The second-order valence-electron chi connectivity index (χ2n) is 12.8. The summed E-state index contributed by atoms with van der Waals surface area (Å²) in [6.07, 6.45) is 8.47. The molecule has 0 atom stereocenters. The van der Waals surface area contributed by atoms with Crippen LogP contribution in [0.1, 0.15) is 18.5 Å². The topological polar surface area (TPSA) is 57.0 Å². The van der Waals surface area contributed by atoms with Gasteiger partial charge in [0.1, 0.15) is 22.3 Å². The van der Waals surface area contributed by atoms with E-state index in [-0.39, 0.29) is 0 Å². The molecule has 1 aliphatic rings. The van der Waals surface area contributed by atoms with E-state index in [1.165, 1.54) is 5.57 Å². The summed E-state index contributed by atoms with van der Waals surface area (Å²) in [7, 11) is 0. The second-order valence-corrected chi connectivity index (χ2v) is 12.8. The molecule has 0 bridgehead atoms. The third-order valence-corrected chi connectivity index (χ3v) is 10.1. The average molecular weight is 630 g/mol. The predicted octanol–water partition coefficient (Wildman–Crippen LogP) is 11.9. The van der Waals surface area contributed by atoms with Crippen molar-refractivity contribution in [1.29, 1.82) is 0 Å². The Labute approximate surface area is 280 Å². The van der Waals surface area contributed by atoms with Crippen LogP contribution in [0, 0.1) is 0 Å². The quantitative estimate of drug-likeness (QED) is 0.195. The van der Waals surface area contributed by atoms with E-state index in [0.717, 1.165) is 106 Å². The summed E-state index contributed by atoms with van der Waals surface area (Å²) < 4.78 is 15.4. The normalized spacial score (nSPS) is 13.6. The zero-order chi connectivity index (χ0) is 32.1. The van der Waals surface area contributed by atoms with E-state index < -0.39 is 0 Å². The van der Waals surface area contributed by atoms with Crippen molar-refractivity contribution < 1.29 is 8.83 Å². The number of fused-ring (bicyclic) bond motifs is 11. The number of rotatable bonds is 3. The van der Waals surface area contributed by atoms with E-state index >= 15 is 0 Å². The summed E-state index contributed by atoms with van der Waals surface area (Å²) in [5.41, 5.74) is 10.7. The molecule has 0 fully saturated rings. The number of aromatic nitrogens is 3. The minimum atomic E-state index is 0.629. The van der Waals surface area contributed by atoms with Crippen molar-refractivity contribution >= 4 is 82.2 Å². The fraction of sp³-hybridized carbons (Fsp3) is 0.0455. The highest BCUT2D eigenvalue weighted by Crippen LogP contribution is 2.43. The first-order valence-electron chi connectivity index (χ1n) is 16.7. The van der Waals surface area contributed by atoms with Gasteiger partial charge in [-0.3, -0.25) is 4.57 Å². The van der Waals surface area contributed by atoms with Crippen LogP contribution in [0.3, 0.4) is 0 Å². The Hall–Kier alpha value is -6.46. The standard InChI is InChI=1S/C44H27N3O2/c1-2-11-26(12-3-1)40-34-15-4-7-18-36(34)45-44(46-40)47-37-24-21-27(28-16-10-17-32-29-13-5-8-19-38(29)48-42(28)32)25-35(37)31-22-23-33-30-14-6-9-20-39(30)49-43(33)41(31)47/h1-2,4-11,13-25H,3,12H2.